The highest BCUT2D eigenvalue weighted by molar-refractivity contribution is 5.68. The minimum Gasteiger partial charge on any atom is -0.456 e. The van der Waals surface area contributed by atoms with Crippen LogP contribution in [0.3, 0.4) is 0 Å². The molecule has 0 atom stereocenters. The minimum absolute atomic E-state index is 0.921. The lowest BCUT2D eigenvalue weighted by Crippen LogP contribution is -1.82. The second-order valence-corrected chi connectivity index (χ2v) is 6.10. The predicted octanol–water partition coefficient (Wildman–Crippen LogP) is 7.23. The summed E-state index contributed by atoms with van der Waals surface area (Å²) in [4.78, 5) is 0. The summed E-state index contributed by atoms with van der Waals surface area (Å²) in [5.74, 6) is 1.88. The molecule has 0 saturated carbocycles. The van der Waals surface area contributed by atoms with Crippen molar-refractivity contribution in [3.63, 3.8) is 0 Å². The van der Waals surface area contributed by atoms with Crippen LogP contribution in [0.5, 0.6) is 0 Å². The van der Waals surface area contributed by atoms with E-state index in [0.717, 1.165) is 29.9 Å². The van der Waals surface area contributed by atoms with E-state index in [4.69, 9.17) is 4.42 Å². The fourth-order valence-electron chi connectivity index (χ4n) is 2.76. The van der Waals surface area contributed by atoms with Gasteiger partial charge >= 0.3 is 0 Å². The van der Waals surface area contributed by atoms with Crippen LogP contribution in [0, 0.1) is 0 Å². The highest BCUT2D eigenvalue weighted by Crippen LogP contribution is 2.28. The molecule has 0 amide bonds. The van der Waals surface area contributed by atoms with Crippen molar-refractivity contribution in [1.29, 1.82) is 0 Å². The SMILES string of the molecule is CCCC/C(=C/C=C/c1ccccc1)c1ccc(-c2ccccc2)o1. The highest BCUT2D eigenvalue weighted by atomic mass is 16.3. The van der Waals surface area contributed by atoms with Crippen LogP contribution >= 0.6 is 0 Å². The molecule has 0 aliphatic rings. The van der Waals surface area contributed by atoms with Crippen LogP contribution in [-0.4, -0.2) is 0 Å². The van der Waals surface area contributed by atoms with E-state index in [2.05, 4.69) is 73.7 Å². The first-order valence-corrected chi connectivity index (χ1v) is 8.94. The molecule has 3 rings (SSSR count). The van der Waals surface area contributed by atoms with Crippen LogP contribution in [-0.2, 0) is 0 Å². The second-order valence-electron chi connectivity index (χ2n) is 6.10. The van der Waals surface area contributed by atoms with Gasteiger partial charge in [-0.15, -0.1) is 0 Å². The van der Waals surface area contributed by atoms with Gasteiger partial charge in [0, 0.05) is 5.56 Å². The molecule has 0 aliphatic heterocycles. The van der Waals surface area contributed by atoms with Crippen LogP contribution in [0.1, 0.15) is 37.5 Å². The molecule has 0 spiro atoms. The Morgan fingerprint density at radius 2 is 1.60 bits per heavy atom. The van der Waals surface area contributed by atoms with E-state index in [1.807, 2.05) is 24.3 Å². The molecule has 2 aromatic carbocycles. The van der Waals surface area contributed by atoms with Gasteiger partial charge in [-0.05, 0) is 36.1 Å². The number of hydrogen-bond donors (Lipinski definition) is 0. The zero-order valence-corrected chi connectivity index (χ0v) is 14.7. The highest BCUT2D eigenvalue weighted by Gasteiger charge is 2.08. The molecule has 0 saturated heterocycles. The summed E-state index contributed by atoms with van der Waals surface area (Å²) in [5.41, 5.74) is 3.57. The van der Waals surface area contributed by atoms with Crippen LogP contribution in [0.4, 0.5) is 0 Å². The van der Waals surface area contributed by atoms with Crippen molar-refractivity contribution in [2.75, 3.05) is 0 Å². The lowest BCUT2D eigenvalue weighted by molar-refractivity contribution is 0.563. The molecule has 0 unspecified atom stereocenters. The summed E-state index contributed by atoms with van der Waals surface area (Å²) >= 11 is 0. The second kappa shape index (κ2) is 8.89. The van der Waals surface area contributed by atoms with Gasteiger partial charge < -0.3 is 4.42 Å². The Hall–Kier alpha value is -2.80. The molecule has 1 heterocycles. The predicted molar refractivity (Wildman–Crippen MR) is 107 cm³/mol. The first-order chi connectivity index (χ1) is 12.4. The molecule has 3 aromatic rings. The topological polar surface area (TPSA) is 13.1 Å². The smallest absolute Gasteiger partial charge is 0.134 e. The average molecular weight is 328 g/mol. The molecule has 0 fully saturated rings. The normalized spacial score (nSPS) is 12.0. The summed E-state index contributed by atoms with van der Waals surface area (Å²) in [5, 5.41) is 0. The number of rotatable bonds is 7. The standard InChI is InChI=1S/C24H24O/c1-2-3-14-21(17-10-13-20-11-6-4-7-12-20)23-18-19-24(25-23)22-15-8-5-9-16-22/h4-13,15-19H,2-3,14H2,1H3/b13-10+,21-17-. The van der Waals surface area contributed by atoms with Gasteiger partial charge in [-0.3, -0.25) is 0 Å². The maximum atomic E-state index is 6.13. The Kier molecular flexibility index (Phi) is 6.06. The van der Waals surface area contributed by atoms with E-state index in [-0.39, 0.29) is 0 Å². The summed E-state index contributed by atoms with van der Waals surface area (Å²) < 4.78 is 6.13. The first-order valence-electron chi connectivity index (χ1n) is 8.94. The maximum Gasteiger partial charge on any atom is 0.134 e. The lowest BCUT2D eigenvalue weighted by Gasteiger charge is -2.03. The van der Waals surface area contributed by atoms with Crippen molar-refractivity contribution in [3.05, 3.63) is 96.3 Å². The molecule has 25 heavy (non-hydrogen) atoms. The van der Waals surface area contributed by atoms with Crippen LogP contribution in [0.25, 0.3) is 23.0 Å². The van der Waals surface area contributed by atoms with Gasteiger partial charge in [0.2, 0.25) is 0 Å². The first kappa shape index (κ1) is 17.0. The van der Waals surface area contributed by atoms with Gasteiger partial charge in [0.1, 0.15) is 11.5 Å². The minimum atomic E-state index is 0.921. The van der Waals surface area contributed by atoms with Crippen molar-refractivity contribution >= 4 is 11.6 Å². The molecule has 0 aliphatic carbocycles. The quantitative estimate of drug-likeness (QED) is 0.417. The van der Waals surface area contributed by atoms with Gasteiger partial charge in [-0.1, -0.05) is 92.2 Å². The van der Waals surface area contributed by atoms with E-state index in [1.54, 1.807) is 0 Å². The molecular formula is C24H24O. The summed E-state index contributed by atoms with van der Waals surface area (Å²) in [6, 6.07) is 24.8. The van der Waals surface area contributed by atoms with Crippen LogP contribution < -0.4 is 0 Å². The van der Waals surface area contributed by atoms with Crippen LogP contribution in [0.15, 0.2) is 89.4 Å². The molecule has 1 aromatic heterocycles. The monoisotopic (exact) mass is 328 g/mol. The molecule has 0 bridgehead atoms. The maximum absolute atomic E-state index is 6.13. The fourth-order valence-corrected chi connectivity index (χ4v) is 2.76. The zero-order valence-electron chi connectivity index (χ0n) is 14.7. The third-order valence-electron chi connectivity index (χ3n) is 4.17. The van der Waals surface area contributed by atoms with Gasteiger partial charge in [0.15, 0.2) is 0 Å². The Bertz CT molecular complexity index is 823. The van der Waals surface area contributed by atoms with Gasteiger partial charge in [0.25, 0.3) is 0 Å². The molecule has 1 heteroatoms. The summed E-state index contributed by atoms with van der Waals surface area (Å²) in [6.07, 6.45) is 9.78. The molecular weight excluding hydrogens is 304 g/mol. The largest absolute Gasteiger partial charge is 0.456 e. The number of hydrogen-bond acceptors (Lipinski definition) is 1. The Labute approximate surface area is 150 Å². The number of unbranched alkanes of at least 4 members (excludes halogenated alkanes) is 1. The summed E-state index contributed by atoms with van der Waals surface area (Å²) in [6.45, 7) is 2.22. The van der Waals surface area contributed by atoms with E-state index < -0.39 is 0 Å². The molecule has 0 N–H and O–H groups in total. The van der Waals surface area contributed by atoms with E-state index in [0.29, 0.717) is 0 Å². The Morgan fingerprint density at radius 3 is 2.32 bits per heavy atom. The van der Waals surface area contributed by atoms with Crippen molar-refractivity contribution in [2.45, 2.75) is 26.2 Å². The van der Waals surface area contributed by atoms with Crippen molar-refractivity contribution in [1.82, 2.24) is 0 Å². The lowest BCUT2D eigenvalue weighted by atomic mass is 10.1. The van der Waals surface area contributed by atoms with E-state index in [9.17, 15) is 0 Å². The Morgan fingerprint density at radius 1 is 0.880 bits per heavy atom. The van der Waals surface area contributed by atoms with Gasteiger partial charge in [-0.2, -0.15) is 0 Å². The molecule has 0 radical (unpaired) electrons. The van der Waals surface area contributed by atoms with E-state index in [1.165, 1.54) is 17.6 Å². The van der Waals surface area contributed by atoms with Crippen molar-refractivity contribution < 1.29 is 4.42 Å². The number of furan rings is 1. The van der Waals surface area contributed by atoms with E-state index >= 15 is 0 Å². The Balaban J connectivity index is 1.82. The van der Waals surface area contributed by atoms with Crippen LogP contribution in [0.2, 0.25) is 0 Å². The molecule has 1 nitrogen and oxygen atoms in total. The fraction of sp³-hybridized carbons (Fsp3) is 0.167. The number of benzene rings is 2. The van der Waals surface area contributed by atoms with Crippen molar-refractivity contribution in [3.8, 4) is 11.3 Å². The number of allylic oxidation sites excluding steroid dienone is 3. The average Bonchev–Trinajstić information content (AvgIpc) is 3.16. The zero-order chi connectivity index (χ0) is 17.3. The molecule has 126 valence electrons. The van der Waals surface area contributed by atoms with Gasteiger partial charge in [0.05, 0.1) is 0 Å². The van der Waals surface area contributed by atoms with Gasteiger partial charge in [-0.25, -0.2) is 0 Å². The summed E-state index contributed by atoms with van der Waals surface area (Å²) in [7, 11) is 0. The third-order valence-corrected chi connectivity index (χ3v) is 4.17. The third kappa shape index (κ3) is 4.84. The van der Waals surface area contributed by atoms with Crippen molar-refractivity contribution in [2.24, 2.45) is 0 Å².